The fourth-order valence-corrected chi connectivity index (χ4v) is 14.0. The van der Waals surface area contributed by atoms with Crippen LogP contribution in [-0.4, -0.2) is 41.3 Å². The molecule has 4 aliphatic rings. The van der Waals surface area contributed by atoms with E-state index in [1.807, 2.05) is 0 Å². The number of thioether (sulfide) groups is 6. The molecule has 92 valence electrons. The molecule has 0 amide bonds. The van der Waals surface area contributed by atoms with Crippen molar-refractivity contribution >= 4 is 70.6 Å². The molecule has 0 saturated carbocycles. The summed E-state index contributed by atoms with van der Waals surface area (Å²) in [6, 6.07) is 0. The first-order valence-electron chi connectivity index (χ1n) is 5.70. The van der Waals surface area contributed by atoms with Crippen molar-refractivity contribution in [1.82, 2.24) is 0 Å². The van der Waals surface area contributed by atoms with Crippen molar-refractivity contribution in [2.75, 3.05) is 28.8 Å². The SMILES string of the molecule is C1CSC2CSC3(SC1)SCCCSC3S2. The molecule has 4 aliphatic heterocycles. The van der Waals surface area contributed by atoms with Crippen LogP contribution in [-0.2, 0) is 0 Å². The lowest BCUT2D eigenvalue weighted by molar-refractivity contribution is 1.12. The first-order chi connectivity index (χ1) is 7.89. The second-order valence-corrected chi connectivity index (χ2v) is 13.1. The van der Waals surface area contributed by atoms with Gasteiger partial charge in [-0.25, -0.2) is 0 Å². The summed E-state index contributed by atoms with van der Waals surface area (Å²) in [5.74, 6) is 6.87. The quantitative estimate of drug-likeness (QED) is 0.637. The van der Waals surface area contributed by atoms with Gasteiger partial charge in [-0.2, -0.15) is 0 Å². The Morgan fingerprint density at radius 1 is 0.812 bits per heavy atom. The Morgan fingerprint density at radius 3 is 2.38 bits per heavy atom. The Kier molecular flexibility index (Phi) is 4.94. The van der Waals surface area contributed by atoms with Crippen LogP contribution < -0.4 is 0 Å². The average molecular weight is 329 g/mol. The molecule has 16 heavy (non-hydrogen) atoms. The summed E-state index contributed by atoms with van der Waals surface area (Å²) in [7, 11) is 0. The van der Waals surface area contributed by atoms with Crippen LogP contribution >= 0.6 is 70.6 Å². The van der Waals surface area contributed by atoms with Gasteiger partial charge in [0.1, 0.15) is 3.41 Å². The summed E-state index contributed by atoms with van der Waals surface area (Å²) in [5, 5.41) is 0. The van der Waals surface area contributed by atoms with Crippen LogP contribution in [0.4, 0.5) is 0 Å². The second kappa shape index (κ2) is 6.04. The molecule has 0 aromatic heterocycles. The third kappa shape index (κ3) is 2.82. The monoisotopic (exact) mass is 328 g/mol. The highest BCUT2D eigenvalue weighted by molar-refractivity contribution is 8.39. The van der Waals surface area contributed by atoms with Gasteiger partial charge in [0.05, 0.1) is 9.16 Å². The number of hydrogen-bond donors (Lipinski definition) is 0. The molecule has 0 N–H and O–H groups in total. The van der Waals surface area contributed by atoms with E-state index in [0.29, 0.717) is 3.41 Å². The minimum atomic E-state index is 0.493. The third-order valence-corrected chi connectivity index (χ3v) is 14.4. The maximum Gasteiger partial charge on any atom is 0.128 e. The molecule has 0 aromatic carbocycles. The lowest BCUT2D eigenvalue weighted by atomic mass is 10.6. The van der Waals surface area contributed by atoms with Gasteiger partial charge in [0.25, 0.3) is 0 Å². The smallest absolute Gasteiger partial charge is 0.128 e. The molecule has 3 unspecified atom stereocenters. The molecule has 4 heterocycles. The van der Waals surface area contributed by atoms with Crippen LogP contribution in [0.3, 0.4) is 0 Å². The topological polar surface area (TPSA) is 0 Å². The zero-order valence-electron chi connectivity index (χ0n) is 9.05. The average Bonchev–Trinajstić information content (AvgIpc) is 2.39. The molecular weight excluding hydrogens is 313 g/mol. The fourth-order valence-electron chi connectivity index (χ4n) is 1.95. The summed E-state index contributed by atoms with van der Waals surface area (Å²) in [6.07, 6.45) is 2.82. The van der Waals surface area contributed by atoms with Crippen LogP contribution in [0.2, 0.25) is 0 Å². The number of fused-ring (bicyclic) bond motifs is 5. The molecule has 0 aliphatic carbocycles. The summed E-state index contributed by atoms with van der Waals surface area (Å²) in [5.41, 5.74) is 0. The maximum atomic E-state index is 2.28. The molecule has 4 fully saturated rings. The summed E-state index contributed by atoms with van der Waals surface area (Å²) < 4.78 is 2.19. The van der Waals surface area contributed by atoms with Gasteiger partial charge in [0, 0.05) is 5.75 Å². The van der Waals surface area contributed by atoms with Crippen LogP contribution in [0.15, 0.2) is 0 Å². The zero-order chi connectivity index (χ0) is 10.8. The van der Waals surface area contributed by atoms with E-state index in [9.17, 15) is 0 Å². The van der Waals surface area contributed by atoms with E-state index >= 15 is 0 Å². The first kappa shape index (κ1) is 13.1. The van der Waals surface area contributed by atoms with Crippen molar-refractivity contribution in [3.63, 3.8) is 0 Å². The Balaban J connectivity index is 1.83. The molecule has 4 rings (SSSR count). The minimum absolute atomic E-state index is 0.493. The summed E-state index contributed by atoms with van der Waals surface area (Å²) >= 11 is 13.5. The van der Waals surface area contributed by atoms with E-state index in [1.165, 1.54) is 41.6 Å². The van der Waals surface area contributed by atoms with Crippen molar-refractivity contribution in [2.24, 2.45) is 0 Å². The van der Waals surface area contributed by atoms with Gasteiger partial charge in [-0.05, 0) is 35.9 Å². The van der Waals surface area contributed by atoms with Gasteiger partial charge in [-0.3, -0.25) is 0 Å². The maximum absolute atomic E-state index is 2.28. The Morgan fingerprint density at radius 2 is 1.56 bits per heavy atom. The first-order valence-corrected chi connectivity index (χ1v) is 11.7. The fraction of sp³-hybridized carbons (Fsp3) is 1.00. The molecule has 1 spiro atoms. The molecule has 6 heteroatoms. The molecule has 0 nitrogen and oxygen atoms in total. The zero-order valence-corrected chi connectivity index (χ0v) is 14.0. The van der Waals surface area contributed by atoms with Crippen LogP contribution in [0.25, 0.3) is 0 Å². The highest BCUT2D eigenvalue weighted by Crippen LogP contribution is 2.63. The molecule has 2 bridgehead atoms. The standard InChI is InChI=1S/C10H16S6/c1-3-11-8-7-15-10(13-5-1)9(16-8)12-4-2-6-14-10/h8-9H,1-7H2. The highest BCUT2D eigenvalue weighted by atomic mass is 32.3. The van der Waals surface area contributed by atoms with Crippen molar-refractivity contribution < 1.29 is 0 Å². The van der Waals surface area contributed by atoms with Crippen molar-refractivity contribution in [3.05, 3.63) is 0 Å². The van der Waals surface area contributed by atoms with E-state index in [4.69, 9.17) is 0 Å². The lowest BCUT2D eigenvalue weighted by Crippen LogP contribution is -2.34. The van der Waals surface area contributed by atoms with E-state index in [1.54, 1.807) is 0 Å². The molecule has 3 atom stereocenters. The Labute approximate surface area is 124 Å². The minimum Gasteiger partial charge on any atom is -0.147 e. The van der Waals surface area contributed by atoms with Crippen molar-refractivity contribution in [2.45, 2.75) is 25.4 Å². The highest BCUT2D eigenvalue weighted by Gasteiger charge is 2.47. The van der Waals surface area contributed by atoms with Gasteiger partial charge in [0.15, 0.2) is 0 Å². The largest absolute Gasteiger partial charge is 0.147 e. The normalized spacial score (nSPS) is 45.0. The van der Waals surface area contributed by atoms with Gasteiger partial charge in [-0.1, -0.05) is 0 Å². The predicted molar refractivity (Wildman–Crippen MR) is 89.4 cm³/mol. The lowest BCUT2D eigenvalue weighted by Gasteiger charge is -2.42. The Bertz CT molecular complexity index is 243. The van der Waals surface area contributed by atoms with Crippen LogP contribution in [0, 0.1) is 0 Å². The van der Waals surface area contributed by atoms with Gasteiger partial charge < -0.3 is 0 Å². The van der Waals surface area contributed by atoms with Crippen LogP contribution in [0.5, 0.6) is 0 Å². The van der Waals surface area contributed by atoms with E-state index in [0.717, 1.165) is 9.16 Å². The molecule has 0 radical (unpaired) electrons. The summed E-state index contributed by atoms with van der Waals surface area (Å²) in [4.78, 5) is 0. The molecular formula is C10H16S6. The molecule has 0 aromatic rings. The molecule has 4 saturated heterocycles. The third-order valence-electron chi connectivity index (χ3n) is 2.74. The van der Waals surface area contributed by atoms with Crippen molar-refractivity contribution in [1.29, 1.82) is 0 Å². The van der Waals surface area contributed by atoms with Crippen LogP contribution in [0.1, 0.15) is 12.8 Å². The van der Waals surface area contributed by atoms with E-state index in [2.05, 4.69) is 70.6 Å². The Hall–Kier alpha value is 2.10. The van der Waals surface area contributed by atoms with E-state index < -0.39 is 0 Å². The predicted octanol–water partition coefficient (Wildman–Crippen LogP) is 4.51. The summed E-state index contributed by atoms with van der Waals surface area (Å²) in [6.45, 7) is 0. The van der Waals surface area contributed by atoms with Gasteiger partial charge >= 0.3 is 0 Å². The second-order valence-electron chi connectivity index (χ2n) is 3.96. The van der Waals surface area contributed by atoms with E-state index in [-0.39, 0.29) is 0 Å². The van der Waals surface area contributed by atoms with Gasteiger partial charge in [0.2, 0.25) is 0 Å². The van der Waals surface area contributed by atoms with Crippen molar-refractivity contribution in [3.8, 4) is 0 Å². The number of hydrogen-bond acceptors (Lipinski definition) is 6. The van der Waals surface area contributed by atoms with Gasteiger partial charge in [-0.15, -0.1) is 70.6 Å². The number of rotatable bonds is 0.